The van der Waals surface area contributed by atoms with Gasteiger partial charge in [0.25, 0.3) is 5.91 Å². The first-order valence-corrected chi connectivity index (χ1v) is 9.33. The van der Waals surface area contributed by atoms with Gasteiger partial charge in [0, 0.05) is 26.2 Å². The zero-order valence-electron chi connectivity index (χ0n) is 12.2. The summed E-state index contributed by atoms with van der Waals surface area (Å²) in [5.74, 6) is 0.302. The quantitative estimate of drug-likeness (QED) is 0.497. The van der Waals surface area contributed by atoms with E-state index in [0.717, 1.165) is 18.8 Å². The van der Waals surface area contributed by atoms with Crippen LogP contribution in [0, 0.1) is 0 Å². The van der Waals surface area contributed by atoms with Crippen LogP contribution in [0.2, 0.25) is 0 Å². The summed E-state index contributed by atoms with van der Waals surface area (Å²) >= 11 is 10.3. The first kappa shape index (κ1) is 17.4. The molecule has 4 nitrogen and oxygen atoms in total. The van der Waals surface area contributed by atoms with Gasteiger partial charge in [-0.05, 0) is 52.3 Å². The second-order valence-electron chi connectivity index (χ2n) is 4.91. The van der Waals surface area contributed by atoms with Crippen molar-refractivity contribution in [3.05, 3.63) is 62.1 Å². The molecule has 1 N–H and O–H groups in total. The van der Waals surface area contributed by atoms with Gasteiger partial charge in [-0.1, -0.05) is 37.9 Å². The van der Waals surface area contributed by atoms with Crippen LogP contribution in [0.15, 0.2) is 62.1 Å². The van der Waals surface area contributed by atoms with Crippen molar-refractivity contribution in [1.29, 1.82) is 0 Å². The van der Waals surface area contributed by atoms with Crippen LogP contribution < -0.4 is 10.1 Å². The smallest absolute Gasteiger partial charge is 0.262 e. The number of aromatic nitrogens is 1. The second kappa shape index (κ2) is 7.63. The number of nitrogens with one attached hydrogen (secondary N) is 1. The van der Waals surface area contributed by atoms with E-state index in [-0.39, 0.29) is 12.5 Å². The van der Waals surface area contributed by atoms with Crippen molar-refractivity contribution in [2.75, 3.05) is 11.9 Å². The minimum atomic E-state index is -0.240. The third kappa shape index (κ3) is 3.96. The number of ether oxygens (including phenoxy) is 1. The molecule has 0 saturated heterocycles. The van der Waals surface area contributed by atoms with E-state index in [1.165, 1.54) is 0 Å². The fourth-order valence-electron chi connectivity index (χ4n) is 2.15. The van der Waals surface area contributed by atoms with Crippen LogP contribution in [-0.2, 0) is 4.79 Å². The maximum Gasteiger partial charge on any atom is 0.262 e. The minimum absolute atomic E-state index is 0.109. The van der Waals surface area contributed by atoms with Gasteiger partial charge < -0.3 is 10.1 Å². The van der Waals surface area contributed by atoms with Crippen LogP contribution in [0.25, 0.3) is 10.9 Å². The van der Waals surface area contributed by atoms with E-state index in [2.05, 4.69) is 58.1 Å². The number of benzene rings is 2. The lowest BCUT2D eigenvalue weighted by atomic mass is 10.2. The Bertz CT molecular complexity index is 898. The lowest BCUT2D eigenvalue weighted by Crippen LogP contribution is -2.20. The summed E-state index contributed by atoms with van der Waals surface area (Å²) in [7, 11) is 0. The highest BCUT2D eigenvalue weighted by molar-refractivity contribution is 9.11. The molecule has 122 valence electrons. The molecule has 0 bridgehead atoms. The van der Waals surface area contributed by atoms with Crippen molar-refractivity contribution in [3.63, 3.8) is 0 Å². The molecular weight excluding hydrogens is 504 g/mol. The summed E-state index contributed by atoms with van der Waals surface area (Å²) in [5, 5.41) is 3.71. The molecule has 0 radical (unpaired) electrons. The van der Waals surface area contributed by atoms with Crippen molar-refractivity contribution < 1.29 is 9.53 Å². The Labute approximate surface area is 164 Å². The van der Waals surface area contributed by atoms with Crippen LogP contribution in [0.5, 0.6) is 5.75 Å². The van der Waals surface area contributed by atoms with Gasteiger partial charge in [-0.25, -0.2) is 0 Å². The summed E-state index contributed by atoms with van der Waals surface area (Å²) in [6.45, 7) is -0.109. The highest BCUT2D eigenvalue weighted by Crippen LogP contribution is 2.37. The van der Waals surface area contributed by atoms with E-state index in [1.54, 1.807) is 6.20 Å². The van der Waals surface area contributed by atoms with Gasteiger partial charge in [-0.3, -0.25) is 9.78 Å². The fourth-order valence-corrected chi connectivity index (χ4v) is 3.80. The molecule has 2 aromatic carbocycles. The summed E-state index contributed by atoms with van der Waals surface area (Å²) in [6, 6.07) is 13.0. The number of rotatable bonds is 4. The number of halogens is 3. The van der Waals surface area contributed by atoms with Crippen LogP contribution in [0.1, 0.15) is 0 Å². The molecule has 1 amide bonds. The van der Waals surface area contributed by atoms with E-state index in [1.807, 2.05) is 42.5 Å². The van der Waals surface area contributed by atoms with Gasteiger partial charge in [0.15, 0.2) is 12.4 Å². The first-order valence-electron chi connectivity index (χ1n) is 6.95. The maximum atomic E-state index is 12.1. The highest BCUT2D eigenvalue weighted by atomic mass is 79.9. The molecule has 0 unspecified atom stereocenters. The van der Waals surface area contributed by atoms with E-state index in [0.29, 0.717) is 17.0 Å². The average molecular weight is 515 g/mol. The normalized spacial score (nSPS) is 10.6. The third-order valence-corrected chi connectivity index (χ3v) is 5.00. The third-order valence-electron chi connectivity index (χ3n) is 3.23. The van der Waals surface area contributed by atoms with Gasteiger partial charge in [-0.2, -0.15) is 0 Å². The fraction of sp³-hybridized carbons (Fsp3) is 0.0588. The molecule has 0 saturated carbocycles. The van der Waals surface area contributed by atoms with Crippen molar-refractivity contribution in [2.45, 2.75) is 0 Å². The van der Waals surface area contributed by atoms with E-state index < -0.39 is 0 Å². The summed E-state index contributed by atoms with van der Waals surface area (Å²) < 4.78 is 8.30. The standard InChI is InChI=1S/C17H11Br3N2O2/c18-10-3-5-11(6-4-10)22-15(23)9-24-17-14(20)8-13(19)12-2-1-7-21-16(12)17/h1-8H,9H2,(H,22,23). The Kier molecular flexibility index (Phi) is 5.53. The Morgan fingerprint density at radius 1 is 1.08 bits per heavy atom. The number of carbonyl (C=O) groups is 1. The van der Waals surface area contributed by atoms with Crippen molar-refractivity contribution >= 4 is 70.3 Å². The molecule has 3 aromatic rings. The lowest BCUT2D eigenvalue weighted by molar-refractivity contribution is -0.118. The van der Waals surface area contributed by atoms with Crippen molar-refractivity contribution in [1.82, 2.24) is 4.98 Å². The van der Waals surface area contributed by atoms with Crippen LogP contribution in [0.3, 0.4) is 0 Å². The summed E-state index contributed by atoms with van der Waals surface area (Å²) in [6.07, 6.45) is 1.69. The molecule has 0 atom stereocenters. The summed E-state index contributed by atoms with van der Waals surface area (Å²) in [4.78, 5) is 16.4. The molecule has 0 aliphatic carbocycles. The molecule has 0 aliphatic heterocycles. The van der Waals surface area contributed by atoms with Gasteiger partial charge in [0.05, 0.1) is 4.47 Å². The number of hydrogen-bond acceptors (Lipinski definition) is 3. The number of nitrogens with zero attached hydrogens (tertiary/aromatic N) is 1. The van der Waals surface area contributed by atoms with Gasteiger partial charge in [-0.15, -0.1) is 0 Å². The molecule has 24 heavy (non-hydrogen) atoms. The van der Waals surface area contributed by atoms with E-state index in [4.69, 9.17) is 4.74 Å². The number of fused-ring (bicyclic) bond motifs is 1. The molecule has 3 rings (SSSR count). The van der Waals surface area contributed by atoms with Gasteiger partial charge >= 0.3 is 0 Å². The number of carbonyl (C=O) groups excluding carboxylic acids is 1. The number of hydrogen-bond donors (Lipinski definition) is 1. The molecule has 0 fully saturated rings. The predicted molar refractivity (Wildman–Crippen MR) is 105 cm³/mol. The molecule has 7 heteroatoms. The Morgan fingerprint density at radius 2 is 1.83 bits per heavy atom. The maximum absolute atomic E-state index is 12.1. The monoisotopic (exact) mass is 512 g/mol. The van der Waals surface area contributed by atoms with E-state index >= 15 is 0 Å². The molecule has 0 aliphatic rings. The van der Waals surface area contributed by atoms with Crippen LogP contribution in [-0.4, -0.2) is 17.5 Å². The van der Waals surface area contributed by atoms with Crippen molar-refractivity contribution in [2.24, 2.45) is 0 Å². The Balaban J connectivity index is 1.76. The molecule has 0 spiro atoms. The minimum Gasteiger partial charge on any atom is -0.480 e. The van der Waals surface area contributed by atoms with Crippen LogP contribution in [0.4, 0.5) is 5.69 Å². The number of anilines is 1. The number of pyridine rings is 1. The zero-order chi connectivity index (χ0) is 17.1. The molecule has 1 aromatic heterocycles. The number of amides is 1. The van der Waals surface area contributed by atoms with Crippen LogP contribution >= 0.6 is 47.8 Å². The first-order chi connectivity index (χ1) is 11.5. The zero-order valence-corrected chi connectivity index (χ0v) is 17.0. The Hall–Kier alpha value is -1.44. The SMILES string of the molecule is O=C(COc1c(Br)cc(Br)c2cccnc12)Nc1ccc(Br)cc1. The van der Waals surface area contributed by atoms with Gasteiger partial charge in [0.2, 0.25) is 0 Å². The second-order valence-corrected chi connectivity index (χ2v) is 7.54. The summed E-state index contributed by atoms with van der Waals surface area (Å²) in [5.41, 5.74) is 1.40. The lowest BCUT2D eigenvalue weighted by Gasteiger charge is -2.12. The molecule has 1 heterocycles. The van der Waals surface area contributed by atoms with Gasteiger partial charge in [0.1, 0.15) is 5.52 Å². The average Bonchev–Trinajstić information content (AvgIpc) is 2.57. The topological polar surface area (TPSA) is 51.2 Å². The van der Waals surface area contributed by atoms with Crippen molar-refractivity contribution in [3.8, 4) is 5.75 Å². The Morgan fingerprint density at radius 3 is 2.58 bits per heavy atom. The van der Waals surface area contributed by atoms with E-state index in [9.17, 15) is 4.79 Å². The largest absolute Gasteiger partial charge is 0.480 e. The highest BCUT2D eigenvalue weighted by Gasteiger charge is 2.13. The molecular formula is C17H11Br3N2O2. The predicted octanol–water partition coefficient (Wildman–Crippen LogP) is 5.54.